The number of likely N-dealkylation sites (N-methyl/N-ethyl adjacent to an activating group) is 1. The van der Waals surface area contributed by atoms with Crippen LogP contribution in [0, 0.1) is 0 Å². The van der Waals surface area contributed by atoms with E-state index in [-0.39, 0.29) is 11.2 Å². The van der Waals surface area contributed by atoms with E-state index in [1.165, 1.54) is 11.3 Å². The number of hydrogen-bond donors (Lipinski definition) is 3. The van der Waals surface area contributed by atoms with E-state index in [2.05, 4.69) is 27.8 Å². The zero-order valence-corrected chi connectivity index (χ0v) is 16.8. The van der Waals surface area contributed by atoms with Crippen LogP contribution < -0.4 is 10.1 Å². The minimum absolute atomic E-state index is 0.169. The lowest BCUT2D eigenvalue weighted by Gasteiger charge is -2.31. The summed E-state index contributed by atoms with van der Waals surface area (Å²) in [6.45, 7) is 0.604. The fourth-order valence-corrected chi connectivity index (χ4v) is 4.66. The molecule has 1 saturated heterocycles. The molecule has 2 atom stereocenters. The Morgan fingerprint density at radius 3 is 2.67 bits per heavy atom. The first kappa shape index (κ1) is 18.3. The van der Waals surface area contributed by atoms with E-state index >= 15 is 0 Å². The van der Waals surface area contributed by atoms with Crippen LogP contribution in [-0.4, -0.2) is 41.2 Å². The third-order valence-corrected chi connectivity index (χ3v) is 6.11. The van der Waals surface area contributed by atoms with Gasteiger partial charge < -0.3 is 9.84 Å². The number of aromatic hydroxyl groups is 1. The summed E-state index contributed by atoms with van der Waals surface area (Å²) in [5.41, 5.74) is 4.38. The summed E-state index contributed by atoms with van der Waals surface area (Å²) in [5, 5.41) is 16.4. The molecule has 1 aliphatic heterocycles. The molecular formula is C20H21N3O2S2. The second kappa shape index (κ2) is 7.16. The normalized spacial score (nSPS) is 22.9. The van der Waals surface area contributed by atoms with Gasteiger partial charge in [-0.05, 0) is 24.7 Å². The SMILES string of the molecule is COc1c(-c2ccccc2)ccc(O)c1C1(c2cscn2)CN(C)C(S)N1. The van der Waals surface area contributed by atoms with Crippen molar-refractivity contribution >= 4 is 24.0 Å². The minimum Gasteiger partial charge on any atom is -0.507 e. The largest absolute Gasteiger partial charge is 0.507 e. The number of aromatic nitrogens is 1. The number of phenolic OH excluding ortho intramolecular Hbond substituents is 1. The maximum Gasteiger partial charge on any atom is 0.135 e. The molecule has 27 heavy (non-hydrogen) atoms. The summed E-state index contributed by atoms with van der Waals surface area (Å²) in [6, 6.07) is 13.6. The number of rotatable bonds is 4. The number of thiol groups is 1. The highest BCUT2D eigenvalue weighted by Gasteiger charge is 2.48. The maximum atomic E-state index is 10.9. The molecule has 0 spiro atoms. The summed E-state index contributed by atoms with van der Waals surface area (Å²) < 4.78 is 5.85. The summed E-state index contributed by atoms with van der Waals surface area (Å²) in [6.07, 6.45) is 0. The number of hydrogen-bond acceptors (Lipinski definition) is 7. The van der Waals surface area contributed by atoms with Crippen molar-refractivity contribution in [1.82, 2.24) is 15.2 Å². The van der Waals surface area contributed by atoms with Crippen LogP contribution in [0.2, 0.25) is 0 Å². The van der Waals surface area contributed by atoms with Gasteiger partial charge in [0.15, 0.2) is 0 Å². The molecule has 0 saturated carbocycles. The van der Waals surface area contributed by atoms with Gasteiger partial charge in [0, 0.05) is 17.5 Å². The van der Waals surface area contributed by atoms with Gasteiger partial charge in [-0.25, -0.2) is 4.98 Å². The van der Waals surface area contributed by atoms with Gasteiger partial charge in [-0.3, -0.25) is 10.2 Å². The highest BCUT2D eigenvalue weighted by atomic mass is 32.1. The number of nitrogens with zero attached hydrogens (tertiary/aromatic N) is 2. The number of nitrogens with one attached hydrogen (secondary N) is 1. The number of benzene rings is 2. The summed E-state index contributed by atoms with van der Waals surface area (Å²) in [5.74, 6) is 0.806. The van der Waals surface area contributed by atoms with Crippen molar-refractivity contribution in [2.75, 3.05) is 20.7 Å². The standard InChI is InChI=1S/C20H21N3O2S2/c1-23-11-20(22-19(23)26,16-10-27-12-21-16)17-15(24)9-8-14(18(17)25-2)13-6-4-3-5-7-13/h3-10,12,19,22,24,26H,11H2,1-2H3. The lowest BCUT2D eigenvalue weighted by Crippen LogP contribution is -2.43. The van der Waals surface area contributed by atoms with Crippen molar-refractivity contribution in [2.24, 2.45) is 0 Å². The van der Waals surface area contributed by atoms with Crippen molar-refractivity contribution in [3.8, 4) is 22.6 Å². The topological polar surface area (TPSA) is 57.6 Å². The van der Waals surface area contributed by atoms with Gasteiger partial charge in [0.2, 0.25) is 0 Å². The molecule has 0 aliphatic carbocycles. The molecule has 1 fully saturated rings. The second-order valence-electron chi connectivity index (χ2n) is 6.62. The third kappa shape index (κ3) is 3.00. The van der Waals surface area contributed by atoms with Gasteiger partial charge in [0.1, 0.15) is 22.5 Å². The molecule has 2 N–H and O–H groups in total. The Bertz CT molecular complexity index is 922. The number of phenols is 1. The van der Waals surface area contributed by atoms with E-state index in [0.717, 1.165) is 16.8 Å². The van der Waals surface area contributed by atoms with Crippen LogP contribution >= 0.6 is 24.0 Å². The highest BCUT2D eigenvalue weighted by molar-refractivity contribution is 7.80. The highest BCUT2D eigenvalue weighted by Crippen LogP contribution is 2.48. The molecular weight excluding hydrogens is 378 g/mol. The summed E-state index contributed by atoms with van der Waals surface area (Å²) in [7, 11) is 3.62. The van der Waals surface area contributed by atoms with E-state index in [4.69, 9.17) is 4.74 Å². The van der Waals surface area contributed by atoms with Crippen molar-refractivity contribution in [1.29, 1.82) is 0 Å². The van der Waals surface area contributed by atoms with Crippen LogP contribution in [0.25, 0.3) is 11.1 Å². The van der Waals surface area contributed by atoms with Gasteiger partial charge >= 0.3 is 0 Å². The van der Waals surface area contributed by atoms with Crippen molar-refractivity contribution in [3.05, 3.63) is 64.6 Å². The van der Waals surface area contributed by atoms with Crippen LogP contribution in [0.3, 0.4) is 0 Å². The molecule has 0 radical (unpaired) electrons. The van der Waals surface area contributed by atoms with E-state index in [9.17, 15) is 5.11 Å². The monoisotopic (exact) mass is 399 g/mol. The van der Waals surface area contributed by atoms with Gasteiger partial charge in [-0.2, -0.15) is 0 Å². The first-order valence-electron chi connectivity index (χ1n) is 8.57. The van der Waals surface area contributed by atoms with Gasteiger partial charge in [0.25, 0.3) is 0 Å². The molecule has 2 unspecified atom stereocenters. The fourth-order valence-electron chi connectivity index (χ4n) is 3.74. The number of ether oxygens (including phenoxy) is 1. The lowest BCUT2D eigenvalue weighted by atomic mass is 9.84. The molecule has 3 aromatic rings. The van der Waals surface area contributed by atoms with Gasteiger partial charge in [-0.1, -0.05) is 30.3 Å². The number of thiazole rings is 1. The Morgan fingerprint density at radius 1 is 1.30 bits per heavy atom. The molecule has 1 aliphatic rings. The Labute approximate surface area is 168 Å². The van der Waals surface area contributed by atoms with E-state index in [1.54, 1.807) is 18.7 Å². The summed E-state index contributed by atoms with van der Waals surface area (Å²) >= 11 is 6.17. The Morgan fingerprint density at radius 2 is 2.07 bits per heavy atom. The van der Waals surface area contributed by atoms with Crippen LogP contribution in [0.1, 0.15) is 11.3 Å². The van der Waals surface area contributed by atoms with Gasteiger partial charge in [-0.15, -0.1) is 24.0 Å². The molecule has 2 aromatic carbocycles. The first-order valence-corrected chi connectivity index (χ1v) is 10.0. The zero-order chi connectivity index (χ0) is 19.0. The molecule has 7 heteroatoms. The summed E-state index contributed by atoms with van der Waals surface area (Å²) in [4.78, 5) is 6.64. The van der Waals surface area contributed by atoms with Crippen LogP contribution in [-0.2, 0) is 5.54 Å². The van der Waals surface area contributed by atoms with Crippen molar-refractivity contribution in [2.45, 2.75) is 11.0 Å². The van der Waals surface area contributed by atoms with Crippen LogP contribution in [0.15, 0.2) is 53.4 Å². The van der Waals surface area contributed by atoms with Crippen molar-refractivity contribution in [3.63, 3.8) is 0 Å². The molecule has 1 aromatic heterocycles. The number of methoxy groups -OCH3 is 1. The van der Waals surface area contributed by atoms with Crippen LogP contribution in [0.4, 0.5) is 0 Å². The Kier molecular flexibility index (Phi) is 4.86. The Hall–Kier alpha value is -2.06. The Balaban J connectivity index is 1.99. The second-order valence-corrected chi connectivity index (χ2v) is 7.83. The van der Waals surface area contributed by atoms with E-state index in [1.807, 2.05) is 48.8 Å². The predicted molar refractivity (Wildman–Crippen MR) is 112 cm³/mol. The minimum atomic E-state index is -0.721. The molecule has 0 amide bonds. The van der Waals surface area contributed by atoms with Gasteiger partial charge in [0.05, 0.1) is 23.9 Å². The van der Waals surface area contributed by atoms with E-state index in [0.29, 0.717) is 17.9 Å². The molecule has 5 nitrogen and oxygen atoms in total. The fraction of sp³-hybridized carbons (Fsp3) is 0.250. The maximum absolute atomic E-state index is 10.9. The first-order chi connectivity index (χ1) is 13.1. The molecule has 4 rings (SSSR count). The quantitative estimate of drug-likeness (QED) is 0.586. The smallest absolute Gasteiger partial charge is 0.135 e. The zero-order valence-electron chi connectivity index (χ0n) is 15.1. The predicted octanol–water partition coefficient (Wildman–Crippen LogP) is 3.52. The molecule has 2 heterocycles. The average molecular weight is 400 g/mol. The molecule has 140 valence electrons. The third-order valence-electron chi connectivity index (χ3n) is 5.00. The lowest BCUT2D eigenvalue weighted by molar-refractivity contribution is 0.351. The van der Waals surface area contributed by atoms with E-state index < -0.39 is 5.54 Å². The van der Waals surface area contributed by atoms with Crippen molar-refractivity contribution < 1.29 is 9.84 Å². The van der Waals surface area contributed by atoms with Crippen LogP contribution in [0.5, 0.6) is 11.5 Å². The average Bonchev–Trinajstić information content (AvgIpc) is 3.31. The molecule has 0 bridgehead atoms.